The fraction of sp³-hybridized carbons (Fsp3) is 0.438. The van der Waals surface area contributed by atoms with E-state index in [-0.39, 0.29) is 18.8 Å². The maximum atomic E-state index is 13.7. The van der Waals surface area contributed by atoms with Gasteiger partial charge < -0.3 is 5.32 Å². The molecule has 0 bridgehead atoms. The van der Waals surface area contributed by atoms with Gasteiger partial charge in [0.15, 0.2) is 0 Å². The lowest BCUT2D eigenvalue weighted by Gasteiger charge is -2.28. The Hall–Kier alpha value is -2.38. The Morgan fingerprint density at radius 3 is 2.38 bits per heavy atom. The fourth-order valence-electron chi connectivity index (χ4n) is 2.42. The number of alkyl halides is 3. The van der Waals surface area contributed by atoms with Crippen molar-refractivity contribution in [2.75, 3.05) is 6.54 Å². The summed E-state index contributed by atoms with van der Waals surface area (Å²) in [7, 11) is 0. The molecule has 2 rings (SSSR count). The van der Waals surface area contributed by atoms with Gasteiger partial charge in [0.2, 0.25) is 5.91 Å². The van der Waals surface area contributed by atoms with Gasteiger partial charge in [0.05, 0.1) is 0 Å². The first-order valence-electron chi connectivity index (χ1n) is 7.61. The van der Waals surface area contributed by atoms with Crippen LogP contribution in [-0.2, 0) is 9.59 Å². The third-order valence-corrected chi connectivity index (χ3v) is 3.61. The highest BCUT2D eigenvalue weighted by Crippen LogP contribution is 2.38. The van der Waals surface area contributed by atoms with Crippen LogP contribution in [0.1, 0.15) is 32.3 Å². The molecule has 1 N–H and O–H groups in total. The molecular formula is C16H18F3N3O2. The monoisotopic (exact) mass is 341 g/mol. The van der Waals surface area contributed by atoms with Crippen LogP contribution in [0.2, 0.25) is 0 Å². The molecule has 1 heterocycles. The number of benzene rings is 1. The third-order valence-electron chi connectivity index (χ3n) is 3.61. The summed E-state index contributed by atoms with van der Waals surface area (Å²) in [4.78, 5) is 28.8. The molecular weight excluding hydrogens is 323 g/mol. The van der Waals surface area contributed by atoms with Crippen molar-refractivity contribution >= 4 is 17.6 Å². The largest absolute Gasteiger partial charge is 0.442 e. The van der Waals surface area contributed by atoms with Crippen LogP contribution in [0.4, 0.5) is 13.2 Å². The zero-order valence-corrected chi connectivity index (χ0v) is 13.4. The Balaban J connectivity index is 2.60. The van der Waals surface area contributed by atoms with Crippen molar-refractivity contribution in [3.63, 3.8) is 0 Å². The first-order chi connectivity index (χ1) is 11.3. The van der Waals surface area contributed by atoms with Crippen LogP contribution >= 0.6 is 0 Å². The molecule has 0 aromatic heterocycles. The minimum Gasteiger partial charge on any atom is -0.316 e. The summed E-state index contributed by atoms with van der Waals surface area (Å²) in [6, 6.07) is 8.14. The van der Waals surface area contributed by atoms with E-state index in [1.807, 2.05) is 0 Å². The second-order valence-corrected chi connectivity index (χ2v) is 5.37. The van der Waals surface area contributed by atoms with Gasteiger partial charge in [0.1, 0.15) is 5.84 Å². The number of carbonyl (C=O) groups is 2. The van der Waals surface area contributed by atoms with Crippen LogP contribution in [0.5, 0.6) is 0 Å². The molecule has 1 aliphatic rings. The SMILES string of the molecule is CCCN1C(=O)[C@](NC(=O)CC)(C(F)(F)F)N=C1c1ccccc1. The fourth-order valence-corrected chi connectivity index (χ4v) is 2.42. The Morgan fingerprint density at radius 1 is 1.25 bits per heavy atom. The van der Waals surface area contributed by atoms with Crippen molar-refractivity contribution in [3.8, 4) is 0 Å². The molecule has 130 valence electrons. The van der Waals surface area contributed by atoms with Gasteiger partial charge in [-0.05, 0) is 6.42 Å². The van der Waals surface area contributed by atoms with Gasteiger partial charge in [0, 0.05) is 18.5 Å². The van der Waals surface area contributed by atoms with Gasteiger partial charge in [-0.1, -0.05) is 44.2 Å². The number of hydrogen-bond donors (Lipinski definition) is 1. The minimum atomic E-state index is -5.04. The lowest BCUT2D eigenvalue weighted by Crippen LogP contribution is -2.63. The van der Waals surface area contributed by atoms with Gasteiger partial charge in [-0.2, -0.15) is 13.2 Å². The number of aliphatic imine (C=N–C) groups is 1. The average molecular weight is 341 g/mol. The van der Waals surface area contributed by atoms with Crippen molar-refractivity contribution < 1.29 is 22.8 Å². The van der Waals surface area contributed by atoms with Gasteiger partial charge in [-0.15, -0.1) is 0 Å². The summed E-state index contributed by atoms with van der Waals surface area (Å²) >= 11 is 0. The Bertz CT molecular complexity index is 658. The summed E-state index contributed by atoms with van der Waals surface area (Å²) in [5, 5.41) is 1.78. The molecule has 0 aliphatic carbocycles. The van der Waals surface area contributed by atoms with E-state index in [0.717, 1.165) is 4.90 Å². The zero-order valence-electron chi connectivity index (χ0n) is 13.4. The number of nitrogens with zero attached hydrogens (tertiary/aromatic N) is 2. The molecule has 0 saturated heterocycles. The molecule has 1 aromatic rings. The van der Waals surface area contributed by atoms with E-state index in [9.17, 15) is 22.8 Å². The van der Waals surface area contributed by atoms with Gasteiger partial charge >= 0.3 is 11.8 Å². The average Bonchev–Trinajstić information content (AvgIpc) is 2.82. The maximum absolute atomic E-state index is 13.7. The van der Waals surface area contributed by atoms with Gasteiger partial charge in [0.25, 0.3) is 5.91 Å². The Kier molecular flexibility index (Phi) is 4.96. The number of nitrogens with one attached hydrogen (secondary N) is 1. The van der Waals surface area contributed by atoms with Crippen LogP contribution in [-0.4, -0.2) is 40.9 Å². The molecule has 24 heavy (non-hydrogen) atoms. The molecule has 1 aromatic carbocycles. The van der Waals surface area contributed by atoms with E-state index >= 15 is 0 Å². The van der Waals surface area contributed by atoms with Gasteiger partial charge in [-0.3, -0.25) is 14.5 Å². The summed E-state index contributed by atoms with van der Waals surface area (Å²) in [6.45, 7) is 3.23. The lowest BCUT2D eigenvalue weighted by molar-refractivity contribution is -0.200. The minimum absolute atomic E-state index is 0.0758. The number of rotatable bonds is 5. The summed E-state index contributed by atoms with van der Waals surface area (Å²) in [5.74, 6) is -2.26. The number of hydrogen-bond acceptors (Lipinski definition) is 3. The third kappa shape index (κ3) is 3.00. The standard InChI is InChI=1S/C16H18F3N3O2/c1-3-10-22-13(11-8-6-5-7-9-11)21-15(14(22)24,16(17,18)19)20-12(23)4-2/h5-9H,3-4,10H2,1-2H3,(H,20,23)/t15-/m1/s1. The molecule has 0 spiro atoms. The van der Waals surface area contributed by atoms with Crippen LogP contribution in [0.3, 0.4) is 0 Å². The van der Waals surface area contributed by atoms with Crippen molar-refractivity contribution in [3.05, 3.63) is 35.9 Å². The van der Waals surface area contributed by atoms with Gasteiger partial charge in [-0.25, -0.2) is 4.99 Å². The molecule has 1 atom stereocenters. The first kappa shape index (κ1) is 18.0. The molecule has 8 heteroatoms. The predicted octanol–water partition coefficient (Wildman–Crippen LogP) is 2.47. The predicted molar refractivity (Wildman–Crippen MR) is 82.2 cm³/mol. The van der Waals surface area contributed by atoms with Crippen molar-refractivity contribution in [1.29, 1.82) is 0 Å². The summed E-state index contributed by atoms with van der Waals surface area (Å²) in [5.41, 5.74) is -2.88. The van der Waals surface area contributed by atoms with E-state index in [0.29, 0.717) is 12.0 Å². The Labute approximate surface area is 137 Å². The first-order valence-corrected chi connectivity index (χ1v) is 7.61. The summed E-state index contributed by atoms with van der Waals surface area (Å²) < 4.78 is 41.1. The van der Waals surface area contributed by atoms with Crippen molar-refractivity contribution in [2.45, 2.75) is 38.5 Å². The molecule has 0 unspecified atom stereocenters. The van der Waals surface area contributed by atoms with Crippen LogP contribution in [0.15, 0.2) is 35.3 Å². The summed E-state index contributed by atoms with van der Waals surface area (Å²) in [6.07, 6.45) is -4.78. The normalized spacial score (nSPS) is 21.0. The van der Waals surface area contributed by atoms with Crippen molar-refractivity contribution in [2.24, 2.45) is 4.99 Å². The van der Waals surface area contributed by atoms with E-state index < -0.39 is 23.7 Å². The van der Waals surface area contributed by atoms with E-state index in [1.54, 1.807) is 42.6 Å². The zero-order chi connectivity index (χ0) is 18.0. The highest BCUT2D eigenvalue weighted by Gasteiger charge is 2.66. The molecule has 2 amide bonds. The number of amides is 2. The molecule has 0 saturated carbocycles. The van der Waals surface area contributed by atoms with E-state index in [1.165, 1.54) is 6.92 Å². The number of halogens is 3. The second-order valence-electron chi connectivity index (χ2n) is 5.37. The van der Waals surface area contributed by atoms with Crippen LogP contribution in [0, 0.1) is 0 Å². The quantitative estimate of drug-likeness (QED) is 0.894. The smallest absolute Gasteiger partial charge is 0.316 e. The highest BCUT2D eigenvalue weighted by molar-refractivity contribution is 6.16. The number of carbonyl (C=O) groups excluding carboxylic acids is 2. The van der Waals surface area contributed by atoms with E-state index in [2.05, 4.69) is 4.99 Å². The molecule has 1 aliphatic heterocycles. The van der Waals surface area contributed by atoms with Crippen LogP contribution in [0.25, 0.3) is 0 Å². The highest BCUT2D eigenvalue weighted by atomic mass is 19.4. The van der Waals surface area contributed by atoms with Crippen molar-refractivity contribution in [1.82, 2.24) is 10.2 Å². The van der Waals surface area contributed by atoms with Crippen LogP contribution < -0.4 is 5.32 Å². The molecule has 5 nitrogen and oxygen atoms in total. The Morgan fingerprint density at radius 2 is 1.88 bits per heavy atom. The number of amidine groups is 1. The lowest BCUT2D eigenvalue weighted by atomic mass is 10.1. The topological polar surface area (TPSA) is 61.8 Å². The second kappa shape index (κ2) is 6.62. The van der Waals surface area contributed by atoms with E-state index in [4.69, 9.17) is 0 Å². The maximum Gasteiger partial charge on any atom is 0.442 e. The molecule has 0 radical (unpaired) electrons. The molecule has 0 fully saturated rings.